The van der Waals surface area contributed by atoms with E-state index in [9.17, 15) is 4.39 Å². The number of hydrogen-bond acceptors (Lipinski definition) is 9. The van der Waals surface area contributed by atoms with E-state index in [-0.39, 0.29) is 40.3 Å². The number of fused-ring (bicyclic) bond motifs is 5. The molecule has 220 valence electrons. The van der Waals surface area contributed by atoms with Gasteiger partial charge in [-0.05, 0) is 56.8 Å². The molecule has 0 radical (unpaired) electrons. The zero-order chi connectivity index (χ0) is 28.7. The molecule has 12 heteroatoms. The van der Waals surface area contributed by atoms with E-state index < -0.39 is 12.0 Å². The number of alkyl halides is 1. The summed E-state index contributed by atoms with van der Waals surface area (Å²) >= 11 is 6.88. The third-order valence-electron chi connectivity index (χ3n) is 9.63. The van der Waals surface area contributed by atoms with Crippen molar-refractivity contribution in [2.45, 2.75) is 62.8 Å². The Bertz CT molecular complexity index is 1720. The molecule has 9 nitrogen and oxygen atoms in total. The lowest BCUT2D eigenvalue weighted by molar-refractivity contribution is 0.107. The highest BCUT2D eigenvalue weighted by atomic mass is 35.5. The van der Waals surface area contributed by atoms with Gasteiger partial charge in [0.1, 0.15) is 29.6 Å². The number of nitrogens with two attached hydrogens (primary N) is 1. The number of oxazole rings is 1. The highest BCUT2D eigenvalue weighted by molar-refractivity contribution is 6.35. The van der Waals surface area contributed by atoms with Crippen LogP contribution in [0.3, 0.4) is 0 Å². The highest BCUT2D eigenvalue weighted by Gasteiger charge is 2.49. The predicted octanol–water partition coefficient (Wildman–Crippen LogP) is 5.02. The summed E-state index contributed by atoms with van der Waals surface area (Å²) in [6.07, 6.45) is 3.56. The smallest absolute Gasteiger partial charge is 0.319 e. The van der Waals surface area contributed by atoms with Crippen molar-refractivity contribution in [1.29, 1.82) is 0 Å². The molecule has 0 amide bonds. The van der Waals surface area contributed by atoms with Gasteiger partial charge >= 0.3 is 6.01 Å². The van der Waals surface area contributed by atoms with E-state index >= 15 is 4.39 Å². The molecule has 0 aliphatic carbocycles. The van der Waals surface area contributed by atoms with Gasteiger partial charge in [-0.25, -0.2) is 8.78 Å². The van der Waals surface area contributed by atoms with Gasteiger partial charge in [0.2, 0.25) is 0 Å². The summed E-state index contributed by atoms with van der Waals surface area (Å²) in [6, 6.07) is 6.06. The summed E-state index contributed by atoms with van der Waals surface area (Å²) in [4.78, 5) is 18.2. The largest absolute Gasteiger partial charge is 0.461 e. The molecule has 4 atom stereocenters. The van der Waals surface area contributed by atoms with E-state index in [1.165, 1.54) is 0 Å². The van der Waals surface area contributed by atoms with Gasteiger partial charge in [-0.2, -0.15) is 15.0 Å². The molecular weight excluding hydrogens is 564 g/mol. The third-order valence-corrected chi connectivity index (χ3v) is 9.92. The van der Waals surface area contributed by atoms with Crippen LogP contribution in [0.1, 0.15) is 37.7 Å². The van der Waals surface area contributed by atoms with Crippen LogP contribution in [0, 0.1) is 12.7 Å². The first-order chi connectivity index (χ1) is 20.3. The summed E-state index contributed by atoms with van der Waals surface area (Å²) in [7, 11) is 0. The first-order valence-electron chi connectivity index (χ1n) is 14.7. The van der Waals surface area contributed by atoms with Gasteiger partial charge in [-0.3, -0.25) is 4.90 Å². The van der Waals surface area contributed by atoms with Crippen LogP contribution < -0.4 is 20.7 Å². The Morgan fingerprint density at radius 2 is 1.95 bits per heavy atom. The summed E-state index contributed by atoms with van der Waals surface area (Å²) in [6.45, 7) is 4.87. The van der Waals surface area contributed by atoms with Crippen molar-refractivity contribution in [3.63, 3.8) is 0 Å². The standard InChI is InChI=1S/C30H32ClF2N7O2/c1-15-3-6-21-26(36-28(34)42-21)22(15)23-20(31)9-19-25(24(23)33)37-29(38-27(19)39-12-17-4-5-18(13-39)35-17)41-14-30-7-2-8-40(30)11-16(32)10-30/h3,6,9,16-18,35H,2,4-5,7-8,10-14H2,1H3,(H2,34,36)/t16-,17?,18?,30?/m1/s1. The molecule has 4 saturated heterocycles. The minimum Gasteiger partial charge on any atom is -0.461 e. The second kappa shape index (κ2) is 9.62. The Balaban J connectivity index is 1.28. The van der Waals surface area contributed by atoms with Crippen molar-refractivity contribution in [3.8, 4) is 17.1 Å². The molecule has 3 unspecified atom stereocenters. The average molecular weight is 596 g/mol. The van der Waals surface area contributed by atoms with Gasteiger partial charge in [0.15, 0.2) is 11.4 Å². The molecule has 4 aliphatic heterocycles. The lowest BCUT2D eigenvalue weighted by Gasteiger charge is -2.34. The lowest BCUT2D eigenvalue weighted by Crippen LogP contribution is -2.51. The second-order valence-corrected chi connectivity index (χ2v) is 12.7. The molecule has 6 heterocycles. The van der Waals surface area contributed by atoms with Gasteiger partial charge < -0.3 is 25.1 Å². The van der Waals surface area contributed by atoms with Crippen LogP contribution in [-0.2, 0) is 0 Å². The van der Waals surface area contributed by atoms with Crippen molar-refractivity contribution in [2.24, 2.45) is 0 Å². The molecule has 0 spiro atoms. The van der Waals surface area contributed by atoms with Crippen molar-refractivity contribution >= 4 is 45.4 Å². The quantitative estimate of drug-likeness (QED) is 0.329. The van der Waals surface area contributed by atoms with Crippen LogP contribution in [0.5, 0.6) is 6.01 Å². The summed E-state index contributed by atoms with van der Waals surface area (Å²) < 4.78 is 43.0. The number of anilines is 2. The number of nitrogen functional groups attached to an aromatic ring is 1. The molecule has 3 N–H and O–H groups in total. The first kappa shape index (κ1) is 26.4. The normalized spacial score (nSPS) is 27.4. The maximum Gasteiger partial charge on any atom is 0.319 e. The predicted molar refractivity (Wildman–Crippen MR) is 157 cm³/mol. The average Bonchev–Trinajstić information content (AvgIpc) is 3.70. The highest BCUT2D eigenvalue weighted by Crippen LogP contribution is 2.44. The third kappa shape index (κ3) is 4.11. The molecule has 4 aromatic rings. The molecule has 2 aromatic carbocycles. The van der Waals surface area contributed by atoms with Crippen LogP contribution >= 0.6 is 11.6 Å². The number of halogens is 3. The minimum atomic E-state index is -0.878. The monoisotopic (exact) mass is 595 g/mol. The van der Waals surface area contributed by atoms with E-state index in [0.29, 0.717) is 52.9 Å². The van der Waals surface area contributed by atoms with E-state index in [1.807, 2.05) is 13.0 Å². The molecule has 4 fully saturated rings. The Morgan fingerprint density at radius 1 is 1.14 bits per heavy atom. The van der Waals surface area contributed by atoms with Gasteiger partial charge in [0.25, 0.3) is 6.01 Å². The number of benzene rings is 2. The second-order valence-electron chi connectivity index (χ2n) is 12.3. The number of piperazine rings is 1. The van der Waals surface area contributed by atoms with E-state index in [4.69, 9.17) is 31.5 Å². The van der Waals surface area contributed by atoms with Crippen LogP contribution in [0.25, 0.3) is 33.1 Å². The number of nitrogens with one attached hydrogen (secondary N) is 1. The molecule has 2 aromatic heterocycles. The molecule has 0 saturated carbocycles. The topological polar surface area (TPSA) is 106 Å². The van der Waals surface area contributed by atoms with Crippen molar-refractivity contribution < 1.29 is 17.9 Å². The molecule has 4 aliphatic rings. The SMILES string of the molecule is Cc1ccc2oc(N)nc2c1-c1c(Cl)cc2c(N3CC4CCC(C3)N4)nc(OCC34CCCN3C[C@H](F)C4)nc2c1F. The van der Waals surface area contributed by atoms with Crippen LogP contribution in [0.4, 0.5) is 20.6 Å². The Labute approximate surface area is 246 Å². The van der Waals surface area contributed by atoms with Gasteiger partial charge in [0, 0.05) is 54.7 Å². The number of rotatable bonds is 5. The summed E-state index contributed by atoms with van der Waals surface area (Å²) in [5.74, 6) is 0.00329. The molecule has 8 rings (SSSR count). The maximum atomic E-state index is 16.8. The van der Waals surface area contributed by atoms with Crippen LogP contribution in [0.2, 0.25) is 5.02 Å². The number of aromatic nitrogens is 3. The fourth-order valence-corrected chi connectivity index (χ4v) is 8.03. The fourth-order valence-electron chi connectivity index (χ4n) is 7.74. The lowest BCUT2D eigenvalue weighted by atomic mass is 9.95. The van der Waals surface area contributed by atoms with Gasteiger partial charge in [-0.1, -0.05) is 17.7 Å². The van der Waals surface area contributed by atoms with Gasteiger partial charge in [-0.15, -0.1) is 0 Å². The van der Waals surface area contributed by atoms with Crippen molar-refractivity contribution in [3.05, 3.63) is 34.6 Å². The zero-order valence-corrected chi connectivity index (χ0v) is 24.1. The van der Waals surface area contributed by atoms with Crippen LogP contribution in [-0.4, -0.2) is 76.4 Å². The maximum absolute atomic E-state index is 16.8. The van der Waals surface area contributed by atoms with Crippen molar-refractivity contribution in [1.82, 2.24) is 25.2 Å². The number of aryl methyl sites for hydroxylation is 1. The molecular formula is C30H32ClF2N7O2. The van der Waals surface area contributed by atoms with E-state index in [1.54, 1.807) is 12.1 Å². The molecule has 42 heavy (non-hydrogen) atoms. The minimum absolute atomic E-state index is 0.00873. The molecule has 2 bridgehead atoms. The summed E-state index contributed by atoms with van der Waals surface area (Å²) in [5.41, 5.74) is 7.90. The Hall–Kier alpha value is -3.28. The number of nitrogens with zero attached hydrogens (tertiary/aromatic N) is 5. The fraction of sp³-hybridized carbons (Fsp3) is 0.500. The first-order valence-corrected chi connectivity index (χ1v) is 15.0. The Morgan fingerprint density at radius 3 is 2.76 bits per heavy atom. The van der Waals surface area contributed by atoms with Crippen molar-refractivity contribution in [2.75, 3.05) is 43.4 Å². The summed E-state index contributed by atoms with van der Waals surface area (Å²) in [5, 5.41) is 4.37. The van der Waals surface area contributed by atoms with Gasteiger partial charge in [0.05, 0.1) is 10.6 Å². The Kier molecular flexibility index (Phi) is 6.04. The van der Waals surface area contributed by atoms with Crippen LogP contribution in [0.15, 0.2) is 22.6 Å². The number of hydrogen-bond donors (Lipinski definition) is 2. The number of ether oxygens (including phenoxy) is 1. The van der Waals surface area contributed by atoms with E-state index in [0.717, 1.165) is 50.9 Å². The zero-order valence-electron chi connectivity index (χ0n) is 23.3. The van der Waals surface area contributed by atoms with E-state index in [2.05, 4.69) is 25.1 Å².